The summed E-state index contributed by atoms with van der Waals surface area (Å²) in [5.41, 5.74) is -1.80. The van der Waals surface area contributed by atoms with E-state index in [0.717, 1.165) is 5.56 Å². The molecule has 21 heavy (non-hydrogen) atoms. The Kier molecular flexibility index (Phi) is 3.03. The van der Waals surface area contributed by atoms with Crippen LogP contribution in [0.5, 0.6) is 5.75 Å². The minimum Gasteiger partial charge on any atom is -0.493 e. The molecule has 2 nitrogen and oxygen atoms in total. The van der Waals surface area contributed by atoms with E-state index in [4.69, 9.17) is 9.47 Å². The van der Waals surface area contributed by atoms with Crippen LogP contribution in [-0.4, -0.2) is 25.0 Å². The van der Waals surface area contributed by atoms with Gasteiger partial charge in [-0.3, -0.25) is 0 Å². The molecule has 2 aliphatic rings. The maximum absolute atomic E-state index is 13.7. The molecule has 0 aliphatic carbocycles. The van der Waals surface area contributed by atoms with E-state index >= 15 is 0 Å². The lowest BCUT2D eigenvalue weighted by atomic mass is 9.76. The van der Waals surface area contributed by atoms with Crippen LogP contribution < -0.4 is 4.74 Å². The highest BCUT2D eigenvalue weighted by atomic mass is 19.4. The van der Waals surface area contributed by atoms with Gasteiger partial charge in [0, 0.05) is 17.5 Å². The van der Waals surface area contributed by atoms with Crippen LogP contribution in [0.2, 0.25) is 0 Å². The van der Waals surface area contributed by atoms with Gasteiger partial charge in [0.2, 0.25) is 0 Å². The van der Waals surface area contributed by atoms with Crippen molar-refractivity contribution in [3.63, 3.8) is 0 Å². The summed E-state index contributed by atoms with van der Waals surface area (Å²) < 4.78 is 63.1. The molecule has 1 atom stereocenters. The lowest BCUT2D eigenvalue weighted by molar-refractivity contribution is -0.188. The quantitative estimate of drug-likeness (QED) is 0.626. The molecule has 3 rings (SSSR count). The van der Waals surface area contributed by atoms with Gasteiger partial charge >= 0.3 is 6.18 Å². The highest BCUT2D eigenvalue weighted by Gasteiger charge is 2.67. The summed E-state index contributed by atoms with van der Waals surface area (Å²) in [5, 5.41) is 0. The molecule has 0 radical (unpaired) electrons. The van der Waals surface area contributed by atoms with Crippen LogP contribution in [0.4, 0.5) is 17.6 Å². The first-order valence-electron chi connectivity index (χ1n) is 6.81. The number of halogens is 4. The molecule has 0 aromatic heterocycles. The number of alkyl halides is 3. The van der Waals surface area contributed by atoms with Crippen LogP contribution in [0, 0.1) is 5.82 Å². The molecule has 2 heterocycles. The van der Waals surface area contributed by atoms with Gasteiger partial charge in [-0.2, -0.15) is 13.2 Å². The Morgan fingerprint density at radius 3 is 2.48 bits per heavy atom. The van der Waals surface area contributed by atoms with Crippen LogP contribution >= 0.6 is 0 Å². The average molecular weight is 304 g/mol. The smallest absolute Gasteiger partial charge is 0.419 e. The van der Waals surface area contributed by atoms with Crippen molar-refractivity contribution in [2.24, 2.45) is 0 Å². The van der Waals surface area contributed by atoms with Gasteiger partial charge in [0.05, 0.1) is 13.2 Å². The summed E-state index contributed by atoms with van der Waals surface area (Å²) in [5.74, 6) is 0.0828. The first-order chi connectivity index (χ1) is 9.65. The lowest BCUT2D eigenvalue weighted by Crippen LogP contribution is -2.39. The minimum absolute atomic E-state index is 0.247. The second-order valence-electron chi connectivity index (χ2n) is 6.38. The SMILES string of the molecule is CC(C)(C[C@]1(C(F)(F)F)CO1)c1cc(F)cc2c1OCC2. The summed E-state index contributed by atoms with van der Waals surface area (Å²) in [4.78, 5) is 0. The van der Waals surface area contributed by atoms with Crippen molar-refractivity contribution >= 4 is 0 Å². The zero-order chi connectivity index (χ0) is 15.5. The summed E-state index contributed by atoms with van der Waals surface area (Å²) in [6, 6.07) is 2.66. The molecule has 2 aliphatic heterocycles. The minimum atomic E-state index is -4.42. The molecule has 116 valence electrons. The van der Waals surface area contributed by atoms with E-state index in [1.54, 1.807) is 13.8 Å². The van der Waals surface area contributed by atoms with E-state index in [9.17, 15) is 17.6 Å². The molecule has 0 amide bonds. The first kappa shape index (κ1) is 14.6. The average Bonchev–Trinajstić information content (AvgIpc) is 2.98. The Bertz CT molecular complexity index is 574. The second kappa shape index (κ2) is 4.35. The second-order valence-corrected chi connectivity index (χ2v) is 6.38. The van der Waals surface area contributed by atoms with E-state index in [0.29, 0.717) is 24.3 Å². The first-order valence-corrected chi connectivity index (χ1v) is 6.81. The highest BCUT2D eigenvalue weighted by Crippen LogP contribution is 2.52. The molecule has 6 heteroatoms. The third kappa shape index (κ3) is 2.39. The van der Waals surface area contributed by atoms with Crippen LogP contribution in [-0.2, 0) is 16.6 Å². The van der Waals surface area contributed by atoms with Gasteiger partial charge in [0.25, 0.3) is 0 Å². The number of ether oxygens (including phenoxy) is 2. The fourth-order valence-electron chi connectivity index (χ4n) is 3.03. The summed E-state index contributed by atoms with van der Waals surface area (Å²) in [6.07, 6.45) is -4.08. The molecule has 1 saturated heterocycles. The van der Waals surface area contributed by atoms with E-state index in [1.165, 1.54) is 12.1 Å². The van der Waals surface area contributed by atoms with E-state index in [-0.39, 0.29) is 13.0 Å². The number of hydrogen-bond acceptors (Lipinski definition) is 2. The zero-order valence-corrected chi connectivity index (χ0v) is 11.8. The molecule has 0 N–H and O–H groups in total. The van der Waals surface area contributed by atoms with Crippen molar-refractivity contribution < 1.29 is 27.0 Å². The molecule has 0 spiro atoms. The fraction of sp³-hybridized carbons (Fsp3) is 0.600. The van der Waals surface area contributed by atoms with Crippen LogP contribution in [0.15, 0.2) is 12.1 Å². The van der Waals surface area contributed by atoms with E-state index in [2.05, 4.69) is 0 Å². The van der Waals surface area contributed by atoms with Crippen LogP contribution in [0.3, 0.4) is 0 Å². The molecule has 1 aromatic rings. The fourth-order valence-corrected chi connectivity index (χ4v) is 3.03. The number of fused-ring (bicyclic) bond motifs is 1. The molecule has 1 fully saturated rings. The molecule has 0 unspecified atom stereocenters. The number of hydrogen-bond donors (Lipinski definition) is 0. The van der Waals surface area contributed by atoms with Gasteiger partial charge in [-0.05, 0) is 24.0 Å². The topological polar surface area (TPSA) is 21.8 Å². The highest BCUT2D eigenvalue weighted by molar-refractivity contribution is 5.48. The van der Waals surface area contributed by atoms with Crippen molar-refractivity contribution in [1.82, 2.24) is 0 Å². The van der Waals surface area contributed by atoms with Crippen molar-refractivity contribution in [3.05, 3.63) is 29.1 Å². The predicted molar refractivity (Wildman–Crippen MR) is 68.0 cm³/mol. The van der Waals surface area contributed by atoms with Crippen molar-refractivity contribution in [1.29, 1.82) is 0 Å². The van der Waals surface area contributed by atoms with Gasteiger partial charge < -0.3 is 9.47 Å². The molecule has 0 bridgehead atoms. The van der Waals surface area contributed by atoms with Gasteiger partial charge in [-0.25, -0.2) is 4.39 Å². The summed E-state index contributed by atoms with van der Waals surface area (Å²) in [7, 11) is 0. The lowest BCUT2D eigenvalue weighted by Gasteiger charge is -2.31. The normalized spacial score (nSPS) is 24.7. The summed E-state index contributed by atoms with van der Waals surface area (Å²) in [6.45, 7) is 3.43. The largest absolute Gasteiger partial charge is 0.493 e. The standard InChI is InChI=1S/C15H16F4O2/c1-13(2,7-14(8-21-14)15(17,18)19)11-6-10(16)5-9-3-4-20-12(9)11/h5-6H,3-4,7-8H2,1-2H3/t14-/m1/s1. The zero-order valence-electron chi connectivity index (χ0n) is 11.8. The monoisotopic (exact) mass is 304 g/mol. The van der Waals surface area contributed by atoms with Gasteiger partial charge in [0.15, 0.2) is 5.60 Å². The summed E-state index contributed by atoms with van der Waals surface area (Å²) >= 11 is 0. The Hall–Kier alpha value is -1.30. The van der Waals surface area contributed by atoms with Gasteiger partial charge in [0.1, 0.15) is 11.6 Å². The number of benzene rings is 1. The molecular weight excluding hydrogens is 288 g/mol. The van der Waals surface area contributed by atoms with Crippen molar-refractivity contribution in [2.45, 2.75) is 43.9 Å². The maximum atomic E-state index is 13.7. The van der Waals surface area contributed by atoms with Crippen molar-refractivity contribution in [2.75, 3.05) is 13.2 Å². The van der Waals surface area contributed by atoms with Gasteiger partial charge in [-0.15, -0.1) is 0 Å². The van der Waals surface area contributed by atoms with E-state index < -0.39 is 23.0 Å². The Labute approximate surface area is 120 Å². The molecule has 0 saturated carbocycles. The van der Waals surface area contributed by atoms with Crippen LogP contribution in [0.1, 0.15) is 31.4 Å². The Balaban J connectivity index is 1.96. The van der Waals surface area contributed by atoms with Crippen molar-refractivity contribution in [3.8, 4) is 5.75 Å². The molecular formula is C15H16F4O2. The maximum Gasteiger partial charge on any atom is 0.419 e. The third-order valence-electron chi connectivity index (χ3n) is 4.21. The van der Waals surface area contributed by atoms with Gasteiger partial charge in [-0.1, -0.05) is 13.8 Å². The molecule has 1 aromatic carbocycles. The number of epoxide rings is 1. The predicted octanol–water partition coefficient (Wildman–Crippen LogP) is 3.76. The Morgan fingerprint density at radius 1 is 1.24 bits per heavy atom. The Morgan fingerprint density at radius 2 is 1.90 bits per heavy atom. The third-order valence-corrected chi connectivity index (χ3v) is 4.21. The van der Waals surface area contributed by atoms with E-state index in [1.807, 2.05) is 0 Å². The van der Waals surface area contributed by atoms with Crippen LogP contribution in [0.25, 0.3) is 0 Å². The number of rotatable bonds is 3.